The number of benzene rings is 2. The molecule has 0 aliphatic rings. The van der Waals surface area contributed by atoms with E-state index in [9.17, 15) is 16.8 Å². The largest absolute Gasteiger partial charge is 1.00 e. The maximum absolute atomic E-state index is 11.0. The van der Waals surface area contributed by atoms with Gasteiger partial charge < -0.3 is 16.7 Å². The third kappa shape index (κ3) is 22.3. The third-order valence-corrected chi connectivity index (χ3v) is 5.89. The molecule has 0 radical (unpaired) electrons. The van der Waals surface area contributed by atoms with Crippen molar-refractivity contribution in [2.24, 2.45) is 10.3 Å². The Morgan fingerprint density at radius 1 is 0.889 bits per heavy atom. The molecule has 0 fully saturated rings. The summed E-state index contributed by atoms with van der Waals surface area (Å²) in [5.41, 5.74) is 4.65. The summed E-state index contributed by atoms with van der Waals surface area (Å²) in [4.78, 5) is 11.4. The van der Waals surface area contributed by atoms with Crippen LogP contribution in [0.3, 0.4) is 0 Å². The van der Waals surface area contributed by atoms with Gasteiger partial charge in [0.2, 0.25) is 20.0 Å². The van der Waals surface area contributed by atoms with E-state index in [-0.39, 0.29) is 120 Å². The number of sulfonamides is 2. The molecule has 0 aromatic heterocycles. The van der Waals surface area contributed by atoms with Crippen molar-refractivity contribution in [3.05, 3.63) is 59.7 Å². The molecule has 2 rings (SSSR count). The summed E-state index contributed by atoms with van der Waals surface area (Å²) >= 11 is 0. The van der Waals surface area contributed by atoms with Crippen molar-refractivity contribution in [2.75, 3.05) is 7.11 Å². The Hall–Kier alpha value is 0.260. The zero-order valence-electron chi connectivity index (χ0n) is 22.0. The van der Waals surface area contributed by atoms with Crippen LogP contribution in [0.2, 0.25) is 19.6 Å². The number of hydrogen-bond donors (Lipinski definition) is 3. The Labute approximate surface area is 300 Å². The molecule has 0 amide bonds. The van der Waals surface area contributed by atoms with E-state index in [1.54, 1.807) is 12.1 Å². The second-order valence-electron chi connectivity index (χ2n) is 6.98. The van der Waals surface area contributed by atoms with Gasteiger partial charge in [0.05, 0.1) is 9.79 Å². The standard InChI is InChI=1S/C11H15NO2SSi.C8H7NO2S.CH2O3.CH4O.2K.H/c1-16(2,3)9-8-10-4-6-11(7-5-10)15(12,13)14;1-2-7-3-5-8(6-4-7)12(9,10)11;2-1-4-3;1-2;;;/h4-7H,1-3H3,(H2,12,13,14);1,3-6H,(H2,9,10,11);1,3H;2H,1H3;;;/q;;;;2*+1;-1/p-1. The molecule has 15 heteroatoms. The zero-order valence-corrected chi connectivity index (χ0v) is 29.9. The monoisotopic (exact) mass is 606 g/mol. The van der Waals surface area contributed by atoms with Crippen LogP contribution in [-0.4, -0.2) is 43.6 Å². The summed E-state index contributed by atoms with van der Waals surface area (Å²) in [7, 11) is -7.59. The van der Waals surface area contributed by atoms with Gasteiger partial charge >= 0.3 is 103 Å². The van der Waals surface area contributed by atoms with Crippen molar-refractivity contribution < 1.29 is 141 Å². The minimum Gasteiger partial charge on any atom is -1.00 e. The first-order valence-electron chi connectivity index (χ1n) is 9.06. The van der Waals surface area contributed by atoms with E-state index in [0.29, 0.717) is 5.56 Å². The van der Waals surface area contributed by atoms with Gasteiger partial charge in [0.15, 0.2) is 0 Å². The Kier molecular flexibility index (Phi) is 26.6. The smallest absolute Gasteiger partial charge is 1.00 e. The van der Waals surface area contributed by atoms with E-state index in [4.69, 9.17) is 31.9 Å². The molecule has 5 N–H and O–H groups in total. The van der Waals surface area contributed by atoms with Crippen molar-refractivity contribution in [1.82, 2.24) is 0 Å². The van der Waals surface area contributed by atoms with E-state index in [2.05, 4.69) is 41.9 Å². The number of aliphatic hydroxyl groups excluding tert-OH is 1. The predicted octanol–water partition coefficient (Wildman–Crippen LogP) is -5.96. The molecule has 0 atom stereocenters. The number of rotatable bonds is 3. The van der Waals surface area contributed by atoms with Gasteiger partial charge in [-0.2, -0.15) is 0 Å². The maximum atomic E-state index is 11.0. The summed E-state index contributed by atoms with van der Waals surface area (Å²) in [6, 6.07) is 12.1. The first-order valence-corrected chi connectivity index (χ1v) is 15.7. The summed E-state index contributed by atoms with van der Waals surface area (Å²) in [5.74, 6) is 5.41. The van der Waals surface area contributed by atoms with Crippen molar-refractivity contribution in [2.45, 2.75) is 29.4 Å². The molecule has 10 nitrogen and oxygen atoms in total. The number of carbonyl (C=O) groups is 1. The molecular formula is C21H28K2N2O8S2Si. The normalized spacial score (nSPS) is 9.53. The predicted molar refractivity (Wildman–Crippen MR) is 130 cm³/mol. The molecule has 0 aliphatic carbocycles. The number of aliphatic hydroxyl groups is 1. The Morgan fingerprint density at radius 3 is 1.42 bits per heavy atom. The summed E-state index contributed by atoms with van der Waals surface area (Å²) in [6.45, 7) is 6.27. The quantitative estimate of drug-likeness (QED) is 0.101. The minimum absolute atomic E-state index is 0. The Morgan fingerprint density at radius 2 is 1.19 bits per heavy atom. The molecule has 188 valence electrons. The fourth-order valence-corrected chi connectivity index (χ4v) is 3.28. The topological polar surface area (TPSA) is 190 Å². The fraction of sp³-hybridized carbons (Fsp3) is 0.190. The molecule has 0 saturated heterocycles. The molecule has 2 aromatic carbocycles. The average Bonchev–Trinajstić information content (AvgIpc) is 2.78. The number of hydrogen-bond acceptors (Lipinski definition) is 8. The van der Waals surface area contributed by atoms with Crippen molar-refractivity contribution in [1.29, 1.82) is 0 Å². The van der Waals surface area contributed by atoms with Gasteiger partial charge in [-0.25, -0.2) is 27.1 Å². The van der Waals surface area contributed by atoms with Gasteiger partial charge in [0, 0.05) is 18.2 Å². The van der Waals surface area contributed by atoms with E-state index in [1.807, 2.05) is 0 Å². The van der Waals surface area contributed by atoms with Crippen LogP contribution in [0, 0.1) is 23.8 Å². The molecular weight excluding hydrogens is 579 g/mol. The van der Waals surface area contributed by atoms with Crippen LogP contribution in [0.5, 0.6) is 0 Å². The molecule has 0 saturated carbocycles. The summed E-state index contributed by atoms with van der Waals surface area (Å²) in [5, 5.41) is 25.3. The number of carbonyl (C=O) groups excluding carboxylic acids is 1. The second kappa shape index (κ2) is 22.1. The van der Waals surface area contributed by atoms with Crippen LogP contribution in [0.25, 0.3) is 0 Å². The summed E-state index contributed by atoms with van der Waals surface area (Å²) in [6.07, 6.45) is 5.08. The van der Waals surface area contributed by atoms with Crippen LogP contribution >= 0.6 is 0 Å². The van der Waals surface area contributed by atoms with Crippen molar-refractivity contribution >= 4 is 34.6 Å². The van der Waals surface area contributed by atoms with Crippen LogP contribution in [-0.2, 0) is 29.7 Å². The average molecular weight is 607 g/mol. The molecule has 0 aliphatic heterocycles. The van der Waals surface area contributed by atoms with Crippen LogP contribution in [0.15, 0.2) is 58.3 Å². The number of primary sulfonamides is 2. The van der Waals surface area contributed by atoms with Crippen LogP contribution in [0.1, 0.15) is 12.6 Å². The van der Waals surface area contributed by atoms with Gasteiger partial charge in [-0.05, 0) is 48.5 Å². The molecule has 0 bridgehead atoms. The van der Waals surface area contributed by atoms with Gasteiger partial charge in [0.1, 0.15) is 8.07 Å². The third-order valence-electron chi connectivity index (χ3n) is 3.15. The minimum atomic E-state index is -3.60. The molecule has 36 heavy (non-hydrogen) atoms. The number of terminal acetylenes is 1. The first kappa shape index (κ1) is 43.3. The van der Waals surface area contributed by atoms with Crippen LogP contribution < -0.4 is 118 Å². The van der Waals surface area contributed by atoms with Crippen LogP contribution in [0.4, 0.5) is 0 Å². The second-order valence-corrected chi connectivity index (χ2v) is 14.8. The van der Waals surface area contributed by atoms with E-state index < -0.39 is 28.1 Å². The SMILES string of the molecule is C#Cc1ccc(S(N)(=O)=O)cc1.CO.C[Si](C)(C)C#Cc1ccc(S(N)(=O)=O)cc1.O=CO[O-].[H-].[K+].[K+]. The van der Waals surface area contributed by atoms with Gasteiger partial charge in [-0.3, -0.25) is 4.79 Å². The number of nitrogens with two attached hydrogens (primary N) is 2. The van der Waals surface area contributed by atoms with Gasteiger partial charge in [-0.15, -0.1) is 12.0 Å². The van der Waals surface area contributed by atoms with Gasteiger partial charge in [0.25, 0.3) is 6.47 Å². The maximum Gasteiger partial charge on any atom is 1.00 e. The molecule has 2 aromatic rings. The van der Waals surface area contributed by atoms with Crippen molar-refractivity contribution in [3.8, 4) is 23.8 Å². The molecule has 0 spiro atoms. The van der Waals surface area contributed by atoms with E-state index >= 15 is 0 Å². The van der Waals surface area contributed by atoms with E-state index in [0.717, 1.165) is 12.7 Å². The first-order chi connectivity index (χ1) is 15.6. The molecule has 0 unspecified atom stereocenters. The van der Waals surface area contributed by atoms with Crippen molar-refractivity contribution in [3.63, 3.8) is 0 Å². The summed E-state index contributed by atoms with van der Waals surface area (Å²) < 4.78 is 43.5. The zero-order chi connectivity index (χ0) is 27.0. The fourth-order valence-electron chi connectivity index (χ4n) is 1.73. The Balaban J connectivity index is -0.000000145. The van der Waals surface area contributed by atoms with Gasteiger partial charge in [-0.1, -0.05) is 31.5 Å². The molecule has 0 heterocycles. The Bertz CT molecular complexity index is 1220. The van der Waals surface area contributed by atoms with E-state index in [1.165, 1.54) is 36.4 Å².